The molecule has 5 nitrogen and oxygen atoms in total. The van der Waals surface area contributed by atoms with Crippen LogP contribution in [0.5, 0.6) is 0 Å². The number of fused-ring (bicyclic) bond motifs is 3. The second kappa shape index (κ2) is 5.54. The van der Waals surface area contributed by atoms with E-state index in [1.165, 1.54) is 12.3 Å². The summed E-state index contributed by atoms with van der Waals surface area (Å²) in [6.45, 7) is 0. The molecule has 3 aromatic rings. The van der Waals surface area contributed by atoms with Gasteiger partial charge in [-0.25, -0.2) is 18.8 Å². The summed E-state index contributed by atoms with van der Waals surface area (Å²) >= 11 is 12.0. The Hall–Kier alpha value is -2.51. The van der Waals surface area contributed by atoms with Crippen LogP contribution in [0.15, 0.2) is 35.5 Å². The van der Waals surface area contributed by atoms with E-state index in [4.69, 9.17) is 23.2 Å². The minimum Gasteiger partial charge on any atom is -0.338 e. The van der Waals surface area contributed by atoms with Gasteiger partial charge in [-0.05, 0) is 18.2 Å². The fourth-order valence-electron chi connectivity index (χ4n) is 2.45. The van der Waals surface area contributed by atoms with Gasteiger partial charge in [0.1, 0.15) is 28.3 Å². The van der Waals surface area contributed by atoms with E-state index in [1.807, 2.05) is 0 Å². The Balaban J connectivity index is 2.01. The number of aliphatic imine (C=N–C) groups is 1. The standard InChI is InChI=1S/C15H7Cl2F2N5/c16-10-4-6-9(5-20-10)21-15(11-7(18)2-1-3-8(11)19)22-13-12(6)23-24-14(13)17/h1-5H,(H,21,22)(H,23,24). The van der Waals surface area contributed by atoms with Gasteiger partial charge in [0.05, 0.1) is 23.1 Å². The Labute approximate surface area is 144 Å². The lowest BCUT2D eigenvalue weighted by Gasteiger charge is -2.11. The number of H-pyrrole nitrogens is 1. The van der Waals surface area contributed by atoms with Gasteiger partial charge in [0.2, 0.25) is 0 Å². The minimum absolute atomic E-state index is 0.0435. The number of hydrogen-bond donors (Lipinski definition) is 2. The van der Waals surface area contributed by atoms with Gasteiger partial charge in [0.15, 0.2) is 5.15 Å². The maximum Gasteiger partial charge on any atom is 0.177 e. The molecule has 0 saturated carbocycles. The van der Waals surface area contributed by atoms with Crippen molar-refractivity contribution in [1.29, 1.82) is 0 Å². The summed E-state index contributed by atoms with van der Waals surface area (Å²) < 4.78 is 28.3. The van der Waals surface area contributed by atoms with Crippen LogP contribution >= 0.6 is 23.2 Å². The van der Waals surface area contributed by atoms with Crippen molar-refractivity contribution in [3.05, 3.63) is 58.0 Å². The molecule has 120 valence electrons. The van der Waals surface area contributed by atoms with Crippen molar-refractivity contribution in [2.24, 2.45) is 4.99 Å². The van der Waals surface area contributed by atoms with E-state index in [2.05, 4.69) is 25.5 Å². The normalized spacial score (nSPS) is 12.8. The number of aromatic amines is 1. The molecule has 2 N–H and O–H groups in total. The highest BCUT2D eigenvalue weighted by atomic mass is 35.5. The van der Waals surface area contributed by atoms with Gasteiger partial charge < -0.3 is 5.32 Å². The van der Waals surface area contributed by atoms with E-state index >= 15 is 0 Å². The third-order valence-electron chi connectivity index (χ3n) is 3.51. The summed E-state index contributed by atoms with van der Waals surface area (Å²) in [5, 5.41) is 9.85. The first-order valence-corrected chi connectivity index (χ1v) is 7.50. The highest BCUT2D eigenvalue weighted by molar-refractivity contribution is 6.33. The first kappa shape index (κ1) is 15.0. The second-order valence-electron chi connectivity index (χ2n) is 4.97. The Morgan fingerprint density at radius 2 is 1.83 bits per heavy atom. The molecular weight excluding hydrogens is 359 g/mol. The van der Waals surface area contributed by atoms with Crippen LogP contribution in [0.2, 0.25) is 10.3 Å². The van der Waals surface area contributed by atoms with Crippen LogP contribution in [0.3, 0.4) is 0 Å². The number of hydrogen-bond acceptors (Lipinski definition) is 4. The van der Waals surface area contributed by atoms with Crippen LogP contribution < -0.4 is 5.32 Å². The Morgan fingerprint density at radius 3 is 2.58 bits per heavy atom. The maximum absolute atomic E-state index is 14.2. The van der Waals surface area contributed by atoms with E-state index in [9.17, 15) is 8.78 Å². The average Bonchev–Trinajstić information content (AvgIpc) is 2.81. The minimum atomic E-state index is -0.757. The van der Waals surface area contributed by atoms with Crippen LogP contribution in [0, 0.1) is 11.6 Å². The van der Waals surface area contributed by atoms with Gasteiger partial charge in [-0.3, -0.25) is 5.10 Å². The molecule has 1 aliphatic heterocycles. The number of benzene rings is 1. The largest absolute Gasteiger partial charge is 0.338 e. The molecule has 0 bridgehead atoms. The van der Waals surface area contributed by atoms with E-state index in [0.717, 1.165) is 12.1 Å². The molecule has 0 atom stereocenters. The maximum atomic E-state index is 14.2. The monoisotopic (exact) mass is 365 g/mol. The smallest absolute Gasteiger partial charge is 0.177 e. The third-order valence-corrected chi connectivity index (χ3v) is 3.98. The summed E-state index contributed by atoms with van der Waals surface area (Å²) in [5.41, 5.74) is 1.46. The van der Waals surface area contributed by atoms with E-state index in [0.29, 0.717) is 16.9 Å². The molecule has 2 aromatic heterocycles. The number of nitrogens with one attached hydrogen (secondary N) is 2. The van der Waals surface area contributed by atoms with Gasteiger partial charge in [-0.1, -0.05) is 29.3 Å². The molecule has 0 unspecified atom stereocenters. The third kappa shape index (κ3) is 2.33. The number of anilines is 1. The zero-order chi connectivity index (χ0) is 16.8. The van der Waals surface area contributed by atoms with Crippen molar-refractivity contribution in [1.82, 2.24) is 15.2 Å². The summed E-state index contributed by atoms with van der Waals surface area (Å²) in [6.07, 6.45) is 1.44. The van der Waals surface area contributed by atoms with Crippen molar-refractivity contribution < 1.29 is 8.78 Å². The lowest BCUT2D eigenvalue weighted by Crippen LogP contribution is -2.17. The molecule has 9 heteroatoms. The first-order valence-electron chi connectivity index (χ1n) is 6.74. The zero-order valence-electron chi connectivity index (χ0n) is 11.7. The number of rotatable bonds is 1. The lowest BCUT2D eigenvalue weighted by molar-refractivity contribution is 0.579. The van der Waals surface area contributed by atoms with Crippen molar-refractivity contribution in [3.8, 4) is 11.3 Å². The Morgan fingerprint density at radius 1 is 1.08 bits per heavy atom. The number of nitrogens with zero attached hydrogens (tertiary/aromatic N) is 3. The molecule has 4 rings (SSSR count). The highest BCUT2D eigenvalue weighted by Gasteiger charge is 2.25. The number of halogens is 4. The molecule has 0 amide bonds. The van der Waals surface area contributed by atoms with E-state index < -0.39 is 11.6 Å². The quantitative estimate of drug-likeness (QED) is 0.621. The molecular formula is C15H7Cl2F2N5. The van der Waals surface area contributed by atoms with Crippen LogP contribution in [-0.4, -0.2) is 21.0 Å². The lowest BCUT2D eigenvalue weighted by atomic mass is 10.1. The molecule has 0 saturated heterocycles. The highest BCUT2D eigenvalue weighted by Crippen LogP contribution is 2.41. The molecule has 0 aliphatic carbocycles. The Kier molecular flexibility index (Phi) is 3.47. The predicted octanol–water partition coefficient (Wildman–Crippen LogP) is 4.56. The Bertz CT molecular complexity index is 979. The van der Waals surface area contributed by atoms with Gasteiger partial charge in [-0.15, -0.1) is 0 Å². The summed E-state index contributed by atoms with van der Waals surface area (Å²) in [7, 11) is 0. The van der Waals surface area contributed by atoms with Gasteiger partial charge in [-0.2, -0.15) is 5.10 Å². The van der Waals surface area contributed by atoms with E-state index in [1.54, 1.807) is 6.07 Å². The molecule has 1 aliphatic rings. The topological polar surface area (TPSA) is 66.0 Å². The van der Waals surface area contributed by atoms with Crippen LogP contribution in [0.25, 0.3) is 11.3 Å². The molecule has 0 radical (unpaired) electrons. The number of amidine groups is 1. The molecule has 0 spiro atoms. The fraction of sp³-hybridized carbons (Fsp3) is 0. The zero-order valence-corrected chi connectivity index (χ0v) is 13.3. The van der Waals surface area contributed by atoms with Crippen LogP contribution in [0.1, 0.15) is 5.56 Å². The predicted molar refractivity (Wildman–Crippen MR) is 88.0 cm³/mol. The molecule has 1 aromatic carbocycles. The van der Waals surface area contributed by atoms with Gasteiger partial charge >= 0.3 is 0 Å². The van der Waals surface area contributed by atoms with Crippen molar-refractivity contribution in [3.63, 3.8) is 0 Å². The molecule has 3 heterocycles. The number of aromatic nitrogens is 3. The SMILES string of the molecule is Fc1cccc(F)c1C1=Nc2c(Cl)n[nH]c2-c2cc(Cl)ncc2N1. The summed E-state index contributed by atoms with van der Waals surface area (Å²) in [6, 6.07) is 5.14. The van der Waals surface area contributed by atoms with E-state index in [-0.39, 0.29) is 27.4 Å². The van der Waals surface area contributed by atoms with Crippen molar-refractivity contribution >= 4 is 40.4 Å². The number of pyridine rings is 1. The van der Waals surface area contributed by atoms with Crippen LogP contribution in [0.4, 0.5) is 20.2 Å². The summed E-state index contributed by atoms with van der Waals surface area (Å²) in [5.74, 6) is -1.56. The average molecular weight is 366 g/mol. The second-order valence-corrected chi connectivity index (χ2v) is 5.72. The van der Waals surface area contributed by atoms with Crippen molar-refractivity contribution in [2.75, 3.05) is 5.32 Å². The van der Waals surface area contributed by atoms with Crippen LogP contribution in [-0.2, 0) is 0 Å². The molecule has 24 heavy (non-hydrogen) atoms. The van der Waals surface area contributed by atoms with Gasteiger partial charge in [0.25, 0.3) is 0 Å². The van der Waals surface area contributed by atoms with Crippen molar-refractivity contribution in [2.45, 2.75) is 0 Å². The summed E-state index contributed by atoms with van der Waals surface area (Å²) in [4.78, 5) is 8.24. The van der Waals surface area contributed by atoms with Gasteiger partial charge in [0, 0.05) is 5.56 Å². The molecule has 0 fully saturated rings. The first-order chi connectivity index (χ1) is 11.5. The fourth-order valence-corrected chi connectivity index (χ4v) is 2.79.